The number of amides is 1. The highest BCUT2D eigenvalue weighted by Gasteiger charge is 2.35. The zero-order chi connectivity index (χ0) is 20.9. The first-order chi connectivity index (χ1) is 13.8. The molecule has 0 unspecified atom stereocenters. The van der Waals surface area contributed by atoms with Crippen LogP contribution in [0.25, 0.3) is 11.8 Å². The Morgan fingerprint density at radius 3 is 2.45 bits per heavy atom. The molecular formula is C21H21N5OS2. The molecule has 0 radical (unpaired) electrons. The molecule has 0 saturated heterocycles. The molecule has 0 bridgehead atoms. The fourth-order valence-electron chi connectivity index (χ4n) is 3.62. The van der Waals surface area contributed by atoms with Crippen molar-refractivity contribution >= 4 is 50.9 Å². The van der Waals surface area contributed by atoms with Crippen molar-refractivity contribution in [2.75, 3.05) is 6.26 Å². The predicted molar refractivity (Wildman–Crippen MR) is 123 cm³/mol. The molecule has 3 heterocycles. The first kappa shape index (κ1) is 19.7. The second-order valence-electron chi connectivity index (χ2n) is 7.10. The molecule has 0 atom stereocenters. The normalized spacial score (nSPS) is 17.7. The van der Waals surface area contributed by atoms with E-state index in [1.807, 2.05) is 26.2 Å². The molecule has 4 rings (SSSR count). The molecule has 6 nitrogen and oxygen atoms in total. The van der Waals surface area contributed by atoms with E-state index in [0.29, 0.717) is 5.17 Å². The number of aryl methyl sites for hydroxylation is 3. The Morgan fingerprint density at radius 2 is 1.79 bits per heavy atom. The molecule has 8 heteroatoms. The van der Waals surface area contributed by atoms with E-state index in [1.165, 1.54) is 39.7 Å². The van der Waals surface area contributed by atoms with E-state index in [4.69, 9.17) is 5.41 Å². The standard InChI is InChI=1S/C21H21N5OS2/c1-11-6-12(2)8-16(7-11)25-13(3)9-15(14(25)4)10-17-18(22)26-20(23-19(17)27)29-21(24-26)28-5/h6-10,22H,1-5H3/b17-10+,22-18?. The van der Waals surface area contributed by atoms with E-state index >= 15 is 0 Å². The molecule has 2 aliphatic rings. The van der Waals surface area contributed by atoms with Crippen LogP contribution in [-0.2, 0) is 4.79 Å². The minimum atomic E-state index is -0.400. The molecular weight excluding hydrogens is 402 g/mol. The monoisotopic (exact) mass is 423 g/mol. The van der Waals surface area contributed by atoms with E-state index in [2.05, 4.69) is 46.7 Å². The second-order valence-corrected chi connectivity index (χ2v) is 9.11. The van der Waals surface area contributed by atoms with Crippen LogP contribution in [0.5, 0.6) is 0 Å². The third-order valence-electron chi connectivity index (χ3n) is 4.85. The number of amidine groups is 2. The van der Waals surface area contributed by atoms with E-state index in [-0.39, 0.29) is 11.4 Å². The highest BCUT2D eigenvalue weighted by molar-refractivity contribution is 8.45. The number of hydrazone groups is 1. The number of carbonyl (C=O) groups excluding carboxylic acids is 1. The van der Waals surface area contributed by atoms with Crippen molar-refractivity contribution in [2.45, 2.75) is 27.7 Å². The average molecular weight is 424 g/mol. The quantitative estimate of drug-likeness (QED) is 0.714. The van der Waals surface area contributed by atoms with Gasteiger partial charge in [0.2, 0.25) is 5.17 Å². The molecule has 148 valence electrons. The van der Waals surface area contributed by atoms with E-state index in [0.717, 1.165) is 27.0 Å². The molecule has 29 heavy (non-hydrogen) atoms. The van der Waals surface area contributed by atoms with Gasteiger partial charge < -0.3 is 4.57 Å². The van der Waals surface area contributed by atoms with Gasteiger partial charge in [-0.1, -0.05) is 6.07 Å². The number of carbonyl (C=O) groups is 1. The van der Waals surface area contributed by atoms with E-state index in [1.54, 1.807) is 6.08 Å². The van der Waals surface area contributed by atoms with Gasteiger partial charge in [-0.25, -0.2) is 0 Å². The summed E-state index contributed by atoms with van der Waals surface area (Å²) in [6.07, 6.45) is 3.67. The zero-order valence-corrected chi connectivity index (χ0v) is 18.5. The first-order valence-electron chi connectivity index (χ1n) is 9.10. The summed E-state index contributed by atoms with van der Waals surface area (Å²) in [5, 5.41) is 14.7. The number of benzene rings is 1. The van der Waals surface area contributed by atoms with Crippen molar-refractivity contribution in [1.29, 1.82) is 5.41 Å². The summed E-state index contributed by atoms with van der Waals surface area (Å²) in [7, 11) is 0. The summed E-state index contributed by atoms with van der Waals surface area (Å²) in [4.78, 5) is 16.7. The Balaban J connectivity index is 1.77. The molecule has 1 aromatic heterocycles. The lowest BCUT2D eigenvalue weighted by Crippen LogP contribution is -2.35. The highest BCUT2D eigenvalue weighted by atomic mass is 32.2. The van der Waals surface area contributed by atoms with Crippen molar-refractivity contribution in [2.24, 2.45) is 10.1 Å². The van der Waals surface area contributed by atoms with Crippen molar-refractivity contribution < 1.29 is 4.79 Å². The van der Waals surface area contributed by atoms with Crippen LogP contribution in [-0.4, -0.2) is 37.1 Å². The molecule has 0 aliphatic carbocycles. The Bertz CT molecular complexity index is 1140. The Labute approximate surface area is 178 Å². The molecule has 2 aromatic rings. The number of nitrogens with zero attached hydrogens (tertiary/aromatic N) is 4. The van der Waals surface area contributed by atoms with Crippen molar-refractivity contribution in [3.63, 3.8) is 0 Å². The molecule has 0 spiro atoms. The lowest BCUT2D eigenvalue weighted by Gasteiger charge is -2.20. The number of fused-ring (bicyclic) bond motifs is 1. The van der Waals surface area contributed by atoms with Crippen LogP contribution in [0, 0.1) is 33.1 Å². The predicted octanol–water partition coefficient (Wildman–Crippen LogP) is 4.65. The fourth-order valence-corrected chi connectivity index (χ4v) is 4.97. The minimum Gasteiger partial charge on any atom is -0.318 e. The van der Waals surface area contributed by atoms with Crippen LogP contribution in [0.15, 0.2) is 39.9 Å². The molecule has 0 fully saturated rings. The molecule has 1 N–H and O–H groups in total. The third kappa shape index (κ3) is 3.47. The maximum atomic E-state index is 12.6. The van der Waals surface area contributed by atoms with Crippen LogP contribution in [0.3, 0.4) is 0 Å². The fraction of sp³-hybridized carbons (Fsp3) is 0.238. The maximum Gasteiger partial charge on any atom is 0.283 e. The molecule has 0 saturated carbocycles. The van der Waals surface area contributed by atoms with Gasteiger partial charge in [0, 0.05) is 17.1 Å². The zero-order valence-electron chi connectivity index (χ0n) is 16.9. The number of aromatic nitrogens is 1. The Hall–Kier alpha value is -2.58. The van der Waals surface area contributed by atoms with Gasteiger partial charge in [0.25, 0.3) is 5.91 Å². The van der Waals surface area contributed by atoms with Crippen LogP contribution < -0.4 is 0 Å². The van der Waals surface area contributed by atoms with Gasteiger partial charge in [-0.15, -0.1) is 16.9 Å². The summed E-state index contributed by atoms with van der Waals surface area (Å²) in [6.45, 7) is 8.24. The van der Waals surface area contributed by atoms with Crippen molar-refractivity contribution in [3.05, 3.63) is 57.9 Å². The molecule has 2 aliphatic heterocycles. The lowest BCUT2D eigenvalue weighted by atomic mass is 10.1. The van der Waals surface area contributed by atoms with Gasteiger partial charge in [0.1, 0.15) is 0 Å². The van der Waals surface area contributed by atoms with Crippen molar-refractivity contribution in [3.8, 4) is 5.69 Å². The Kier molecular flexibility index (Phi) is 5.00. The lowest BCUT2D eigenvalue weighted by molar-refractivity contribution is -0.114. The average Bonchev–Trinajstić information content (AvgIpc) is 3.18. The summed E-state index contributed by atoms with van der Waals surface area (Å²) < 4.78 is 2.95. The van der Waals surface area contributed by atoms with Crippen LogP contribution >= 0.6 is 23.5 Å². The van der Waals surface area contributed by atoms with E-state index < -0.39 is 5.91 Å². The number of hydrogen-bond donors (Lipinski definition) is 1. The summed E-state index contributed by atoms with van der Waals surface area (Å²) >= 11 is 2.79. The van der Waals surface area contributed by atoms with Crippen LogP contribution in [0.2, 0.25) is 0 Å². The minimum absolute atomic E-state index is 0.0627. The number of thioether (sulfide) groups is 2. The van der Waals surface area contributed by atoms with Gasteiger partial charge in [-0.05, 0) is 86.7 Å². The number of aliphatic imine (C=N–C) groups is 1. The van der Waals surface area contributed by atoms with Gasteiger partial charge >= 0.3 is 0 Å². The van der Waals surface area contributed by atoms with Gasteiger partial charge in [-0.3, -0.25) is 10.2 Å². The maximum absolute atomic E-state index is 12.6. The van der Waals surface area contributed by atoms with E-state index in [9.17, 15) is 4.79 Å². The van der Waals surface area contributed by atoms with Crippen LogP contribution in [0.1, 0.15) is 28.1 Å². The topological polar surface area (TPSA) is 73.8 Å². The summed E-state index contributed by atoms with van der Waals surface area (Å²) in [6, 6.07) is 8.48. The molecule has 1 amide bonds. The summed E-state index contributed by atoms with van der Waals surface area (Å²) in [5.74, 6) is -0.338. The van der Waals surface area contributed by atoms with Gasteiger partial charge in [-0.2, -0.15) is 10.0 Å². The largest absolute Gasteiger partial charge is 0.318 e. The smallest absolute Gasteiger partial charge is 0.283 e. The SMILES string of the molecule is CSC1=NN2C(=N)/C(=C\c3cc(C)n(-c4cc(C)cc(C)c4)c3C)C(=O)N=C2S1. The third-order valence-corrected chi connectivity index (χ3v) is 6.73. The summed E-state index contributed by atoms with van der Waals surface area (Å²) in [5.41, 5.74) is 6.73. The number of nitrogens with one attached hydrogen (secondary N) is 1. The highest BCUT2D eigenvalue weighted by Crippen LogP contribution is 2.32. The van der Waals surface area contributed by atoms with Gasteiger partial charge in [0.05, 0.1) is 5.57 Å². The van der Waals surface area contributed by atoms with Crippen molar-refractivity contribution in [1.82, 2.24) is 9.58 Å². The first-order valence-corrected chi connectivity index (χ1v) is 11.1. The second kappa shape index (κ2) is 7.35. The Morgan fingerprint density at radius 1 is 1.10 bits per heavy atom. The number of hydrogen-bond acceptors (Lipinski definition) is 5. The van der Waals surface area contributed by atoms with Crippen LogP contribution in [0.4, 0.5) is 0 Å². The number of rotatable bonds is 2. The van der Waals surface area contributed by atoms with Gasteiger partial charge in [0.15, 0.2) is 10.2 Å². The molecule has 1 aromatic carbocycles.